The van der Waals surface area contributed by atoms with E-state index in [4.69, 9.17) is 0 Å². The highest BCUT2D eigenvalue weighted by Crippen LogP contribution is 2.19. The second-order valence-corrected chi connectivity index (χ2v) is 6.42. The van der Waals surface area contributed by atoms with Crippen LogP contribution in [0.5, 0.6) is 0 Å². The van der Waals surface area contributed by atoms with Gasteiger partial charge in [0.1, 0.15) is 10.5 Å². The maximum absolute atomic E-state index is 12.0. The van der Waals surface area contributed by atoms with E-state index in [-0.39, 0.29) is 11.4 Å². The number of benzene rings is 1. The Morgan fingerprint density at radius 1 is 1.20 bits per heavy atom. The standard InChI is InChI=1S/C14H16N2O3S/c1-14(17,12-6-3-2-4-7-12)11-16-20(18,19)13-8-5-9-15-10-13/h2-10,16-17H,11H2,1H3/t14-/m1/s1. The van der Waals surface area contributed by atoms with E-state index in [1.807, 2.05) is 6.07 Å². The summed E-state index contributed by atoms with van der Waals surface area (Å²) in [4.78, 5) is 3.84. The zero-order valence-corrected chi connectivity index (χ0v) is 11.8. The van der Waals surface area contributed by atoms with Crippen LogP contribution < -0.4 is 4.72 Å². The van der Waals surface area contributed by atoms with Crippen molar-refractivity contribution in [1.29, 1.82) is 0 Å². The van der Waals surface area contributed by atoms with Crippen molar-refractivity contribution in [2.45, 2.75) is 17.4 Å². The lowest BCUT2D eigenvalue weighted by molar-refractivity contribution is 0.0627. The smallest absolute Gasteiger partial charge is 0.242 e. The van der Waals surface area contributed by atoms with Gasteiger partial charge in [-0.15, -0.1) is 0 Å². The molecule has 0 aliphatic heterocycles. The molecule has 1 aromatic heterocycles. The lowest BCUT2D eigenvalue weighted by atomic mass is 9.97. The van der Waals surface area contributed by atoms with Crippen molar-refractivity contribution in [2.24, 2.45) is 0 Å². The van der Waals surface area contributed by atoms with Gasteiger partial charge in [0.15, 0.2) is 0 Å². The van der Waals surface area contributed by atoms with Crippen molar-refractivity contribution >= 4 is 10.0 Å². The van der Waals surface area contributed by atoms with E-state index in [0.717, 1.165) is 0 Å². The van der Waals surface area contributed by atoms with Gasteiger partial charge in [-0.2, -0.15) is 0 Å². The average Bonchev–Trinajstić information content (AvgIpc) is 2.47. The van der Waals surface area contributed by atoms with Crippen LogP contribution in [-0.2, 0) is 15.6 Å². The van der Waals surface area contributed by atoms with Gasteiger partial charge in [-0.3, -0.25) is 4.98 Å². The van der Waals surface area contributed by atoms with Crippen LogP contribution in [0.25, 0.3) is 0 Å². The molecular formula is C14H16N2O3S. The highest BCUT2D eigenvalue weighted by molar-refractivity contribution is 7.89. The molecular weight excluding hydrogens is 276 g/mol. The molecule has 20 heavy (non-hydrogen) atoms. The van der Waals surface area contributed by atoms with Crippen LogP contribution in [0.1, 0.15) is 12.5 Å². The molecule has 2 rings (SSSR count). The Labute approximate surface area is 118 Å². The zero-order chi connectivity index (χ0) is 14.6. The fourth-order valence-corrected chi connectivity index (χ4v) is 2.82. The summed E-state index contributed by atoms with van der Waals surface area (Å²) < 4.78 is 26.5. The van der Waals surface area contributed by atoms with Crippen molar-refractivity contribution in [3.8, 4) is 0 Å². The maximum atomic E-state index is 12.0. The van der Waals surface area contributed by atoms with Gasteiger partial charge in [-0.25, -0.2) is 13.1 Å². The van der Waals surface area contributed by atoms with E-state index in [9.17, 15) is 13.5 Å². The summed E-state index contributed by atoms with van der Waals surface area (Å²) in [5, 5.41) is 10.4. The molecule has 0 spiro atoms. The molecule has 1 atom stereocenters. The third kappa shape index (κ3) is 3.41. The number of aliphatic hydroxyl groups is 1. The first kappa shape index (κ1) is 14.6. The number of nitrogens with one attached hydrogen (secondary N) is 1. The van der Waals surface area contributed by atoms with Crippen LogP contribution in [0.4, 0.5) is 0 Å². The van der Waals surface area contributed by atoms with E-state index in [1.54, 1.807) is 37.3 Å². The molecule has 0 unspecified atom stereocenters. The SMILES string of the molecule is C[C@@](O)(CNS(=O)(=O)c1cccnc1)c1ccccc1. The van der Waals surface area contributed by atoms with E-state index < -0.39 is 15.6 Å². The largest absolute Gasteiger partial charge is 0.384 e. The van der Waals surface area contributed by atoms with Gasteiger partial charge in [0.25, 0.3) is 0 Å². The van der Waals surface area contributed by atoms with Crippen molar-refractivity contribution in [2.75, 3.05) is 6.54 Å². The van der Waals surface area contributed by atoms with E-state index in [0.29, 0.717) is 5.56 Å². The fraction of sp³-hybridized carbons (Fsp3) is 0.214. The van der Waals surface area contributed by atoms with Crippen LogP contribution in [0, 0.1) is 0 Å². The summed E-state index contributed by atoms with van der Waals surface area (Å²) in [6.07, 6.45) is 2.76. The van der Waals surface area contributed by atoms with E-state index in [2.05, 4.69) is 9.71 Å². The zero-order valence-electron chi connectivity index (χ0n) is 11.0. The normalized spacial score (nSPS) is 14.7. The summed E-state index contributed by atoms with van der Waals surface area (Å²) in [6, 6.07) is 11.9. The highest BCUT2D eigenvalue weighted by Gasteiger charge is 2.25. The summed E-state index contributed by atoms with van der Waals surface area (Å²) in [5.41, 5.74) is -0.634. The Morgan fingerprint density at radius 2 is 1.90 bits per heavy atom. The number of pyridine rings is 1. The molecule has 2 aromatic rings. The van der Waals surface area contributed by atoms with E-state index in [1.165, 1.54) is 18.5 Å². The number of hydrogen-bond acceptors (Lipinski definition) is 4. The summed E-state index contributed by atoms with van der Waals surface area (Å²) in [6.45, 7) is 1.45. The number of rotatable bonds is 5. The predicted octanol–water partition coefficient (Wildman–Crippen LogP) is 1.27. The van der Waals surface area contributed by atoms with E-state index >= 15 is 0 Å². The molecule has 1 aromatic carbocycles. The Morgan fingerprint density at radius 3 is 2.50 bits per heavy atom. The van der Waals surface area contributed by atoms with Gasteiger partial charge >= 0.3 is 0 Å². The molecule has 0 fully saturated rings. The molecule has 0 amide bonds. The van der Waals surface area contributed by atoms with Gasteiger partial charge in [0, 0.05) is 18.9 Å². The minimum absolute atomic E-state index is 0.0730. The van der Waals surface area contributed by atoms with Crippen LogP contribution in [0.2, 0.25) is 0 Å². The van der Waals surface area contributed by atoms with Gasteiger partial charge in [0.05, 0.1) is 0 Å². The van der Waals surface area contributed by atoms with Crippen LogP contribution in [0.3, 0.4) is 0 Å². The minimum atomic E-state index is -3.67. The predicted molar refractivity (Wildman–Crippen MR) is 75.4 cm³/mol. The van der Waals surface area contributed by atoms with Crippen molar-refractivity contribution in [3.05, 3.63) is 60.4 Å². The Bertz CT molecular complexity index is 655. The van der Waals surface area contributed by atoms with Gasteiger partial charge in [-0.05, 0) is 24.6 Å². The molecule has 0 bridgehead atoms. The Balaban J connectivity index is 2.12. The molecule has 106 valence electrons. The molecule has 0 aliphatic rings. The Kier molecular flexibility index (Phi) is 4.17. The van der Waals surface area contributed by atoms with Gasteiger partial charge in [0.2, 0.25) is 10.0 Å². The fourth-order valence-electron chi connectivity index (χ4n) is 1.72. The molecule has 1 heterocycles. The second-order valence-electron chi connectivity index (χ2n) is 4.65. The molecule has 2 N–H and O–H groups in total. The molecule has 0 saturated heterocycles. The maximum Gasteiger partial charge on any atom is 0.242 e. The second kappa shape index (κ2) is 5.70. The highest BCUT2D eigenvalue weighted by atomic mass is 32.2. The number of aromatic nitrogens is 1. The monoisotopic (exact) mass is 292 g/mol. The summed E-state index contributed by atoms with van der Waals surface area (Å²) >= 11 is 0. The first-order valence-corrected chi connectivity index (χ1v) is 7.58. The number of sulfonamides is 1. The number of nitrogens with zero attached hydrogens (tertiary/aromatic N) is 1. The third-order valence-electron chi connectivity index (χ3n) is 2.95. The lowest BCUT2D eigenvalue weighted by Gasteiger charge is -2.24. The third-order valence-corrected chi connectivity index (χ3v) is 4.33. The van der Waals surface area contributed by atoms with Crippen LogP contribution >= 0.6 is 0 Å². The topological polar surface area (TPSA) is 79.3 Å². The average molecular weight is 292 g/mol. The Hall–Kier alpha value is -1.76. The van der Waals surface area contributed by atoms with Gasteiger partial charge < -0.3 is 5.11 Å². The van der Waals surface area contributed by atoms with Crippen molar-refractivity contribution < 1.29 is 13.5 Å². The summed E-state index contributed by atoms with van der Waals surface area (Å²) in [7, 11) is -3.67. The minimum Gasteiger partial charge on any atom is -0.384 e. The first-order valence-electron chi connectivity index (χ1n) is 6.09. The number of hydrogen-bond donors (Lipinski definition) is 2. The van der Waals surface area contributed by atoms with Crippen LogP contribution in [0.15, 0.2) is 59.8 Å². The van der Waals surface area contributed by atoms with Crippen molar-refractivity contribution in [1.82, 2.24) is 9.71 Å². The van der Waals surface area contributed by atoms with Crippen LogP contribution in [-0.4, -0.2) is 25.1 Å². The lowest BCUT2D eigenvalue weighted by Crippen LogP contribution is -2.38. The quantitative estimate of drug-likeness (QED) is 0.869. The molecule has 5 nitrogen and oxygen atoms in total. The van der Waals surface area contributed by atoms with Gasteiger partial charge in [-0.1, -0.05) is 30.3 Å². The molecule has 0 aliphatic carbocycles. The molecule has 0 radical (unpaired) electrons. The molecule has 0 saturated carbocycles. The first-order chi connectivity index (χ1) is 9.42. The summed E-state index contributed by atoms with van der Waals surface area (Å²) in [5.74, 6) is 0. The molecule has 6 heteroatoms. The van der Waals surface area contributed by atoms with Crippen molar-refractivity contribution in [3.63, 3.8) is 0 Å².